The monoisotopic (exact) mass is 240 g/mol. The van der Waals surface area contributed by atoms with Gasteiger partial charge in [0, 0.05) is 18.8 Å². The van der Waals surface area contributed by atoms with Crippen LogP contribution in [0.15, 0.2) is 18.5 Å². The summed E-state index contributed by atoms with van der Waals surface area (Å²) in [7, 11) is 0. The Morgan fingerprint density at radius 2 is 2.25 bits per heavy atom. The predicted octanol–water partition coefficient (Wildman–Crippen LogP) is 2.23. The maximum Gasteiger partial charge on any atom is 0.156 e. The topological polar surface area (TPSA) is 42.0 Å². The van der Waals surface area contributed by atoms with Gasteiger partial charge in [-0.25, -0.2) is 0 Å². The number of hydrogen-bond acceptors (Lipinski definition) is 3. The van der Waals surface area contributed by atoms with E-state index in [0.29, 0.717) is 11.4 Å². The zero-order chi connectivity index (χ0) is 12.2. The summed E-state index contributed by atoms with van der Waals surface area (Å²) in [5.74, 6) is 0.127. The lowest BCUT2D eigenvalue weighted by molar-refractivity contribution is -0.123. The standard InChI is InChI=1S/C12H17ClN2O/c1-4-15-12(2,3)11(16)7-9-5-6-14-8-10(9)13/h5-6,8,15H,4,7H2,1-3H3. The van der Waals surface area contributed by atoms with Gasteiger partial charge in [0.1, 0.15) is 0 Å². The van der Waals surface area contributed by atoms with Crippen molar-refractivity contribution in [3.8, 4) is 0 Å². The van der Waals surface area contributed by atoms with E-state index in [1.807, 2.05) is 20.8 Å². The highest BCUT2D eigenvalue weighted by atomic mass is 35.5. The molecule has 0 aliphatic rings. The minimum absolute atomic E-state index is 0.127. The van der Waals surface area contributed by atoms with Gasteiger partial charge in [0.05, 0.1) is 10.6 Å². The number of Topliss-reactive ketones (excluding diaryl/α,β-unsaturated/α-hetero) is 1. The molecule has 0 unspecified atom stereocenters. The maximum atomic E-state index is 12.0. The molecule has 4 heteroatoms. The van der Waals surface area contributed by atoms with Crippen molar-refractivity contribution in [3.05, 3.63) is 29.0 Å². The Bertz CT molecular complexity index is 377. The van der Waals surface area contributed by atoms with Crippen molar-refractivity contribution in [2.45, 2.75) is 32.7 Å². The van der Waals surface area contributed by atoms with E-state index in [1.165, 1.54) is 0 Å². The van der Waals surface area contributed by atoms with E-state index in [-0.39, 0.29) is 5.78 Å². The fraction of sp³-hybridized carbons (Fsp3) is 0.500. The van der Waals surface area contributed by atoms with Gasteiger partial charge in [0.25, 0.3) is 0 Å². The van der Waals surface area contributed by atoms with Gasteiger partial charge < -0.3 is 5.32 Å². The fourth-order valence-electron chi connectivity index (χ4n) is 1.48. The number of halogens is 1. The van der Waals surface area contributed by atoms with E-state index in [4.69, 9.17) is 11.6 Å². The van der Waals surface area contributed by atoms with Crippen LogP contribution in [0.3, 0.4) is 0 Å². The smallest absolute Gasteiger partial charge is 0.156 e. The molecule has 1 heterocycles. The highest BCUT2D eigenvalue weighted by Gasteiger charge is 2.26. The van der Waals surface area contributed by atoms with E-state index >= 15 is 0 Å². The summed E-state index contributed by atoms with van der Waals surface area (Å²) >= 11 is 5.96. The first kappa shape index (κ1) is 13.1. The first-order valence-electron chi connectivity index (χ1n) is 5.34. The van der Waals surface area contributed by atoms with Crippen molar-refractivity contribution in [3.63, 3.8) is 0 Å². The van der Waals surface area contributed by atoms with Gasteiger partial charge in [-0.2, -0.15) is 0 Å². The number of hydrogen-bond donors (Lipinski definition) is 1. The molecule has 0 fully saturated rings. The van der Waals surface area contributed by atoms with E-state index in [1.54, 1.807) is 18.5 Å². The molecule has 0 atom stereocenters. The normalized spacial score (nSPS) is 11.5. The van der Waals surface area contributed by atoms with E-state index < -0.39 is 5.54 Å². The summed E-state index contributed by atoms with van der Waals surface area (Å²) in [6, 6.07) is 1.78. The number of carbonyl (C=O) groups excluding carboxylic acids is 1. The fourth-order valence-corrected chi connectivity index (χ4v) is 1.67. The Labute approximate surface area is 101 Å². The molecule has 0 amide bonds. The van der Waals surface area contributed by atoms with Crippen LogP contribution < -0.4 is 5.32 Å². The average molecular weight is 241 g/mol. The molecule has 16 heavy (non-hydrogen) atoms. The molecule has 1 aromatic heterocycles. The maximum absolute atomic E-state index is 12.0. The molecule has 0 radical (unpaired) electrons. The molecular formula is C12H17ClN2O. The van der Waals surface area contributed by atoms with Crippen molar-refractivity contribution in [1.29, 1.82) is 0 Å². The summed E-state index contributed by atoms with van der Waals surface area (Å²) in [4.78, 5) is 15.9. The molecule has 1 rings (SSSR count). The quantitative estimate of drug-likeness (QED) is 0.858. The average Bonchev–Trinajstić information content (AvgIpc) is 2.21. The Morgan fingerprint density at radius 1 is 1.56 bits per heavy atom. The highest BCUT2D eigenvalue weighted by Crippen LogP contribution is 2.17. The number of rotatable bonds is 5. The molecule has 0 saturated heterocycles. The van der Waals surface area contributed by atoms with E-state index in [2.05, 4.69) is 10.3 Å². The number of likely N-dealkylation sites (N-methyl/N-ethyl adjacent to an activating group) is 1. The first-order chi connectivity index (χ1) is 7.47. The van der Waals surface area contributed by atoms with Crippen LogP contribution in [0, 0.1) is 0 Å². The third kappa shape index (κ3) is 3.29. The minimum Gasteiger partial charge on any atom is -0.306 e. The van der Waals surface area contributed by atoms with Crippen molar-refractivity contribution in [1.82, 2.24) is 10.3 Å². The largest absolute Gasteiger partial charge is 0.306 e. The van der Waals surface area contributed by atoms with Crippen LogP contribution in [0.2, 0.25) is 5.02 Å². The minimum atomic E-state index is -0.513. The highest BCUT2D eigenvalue weighted by molar-refractivity contribution is 6.31. The number of nitrogens with one attached hydrogen (secondary N) is 1. The molecule has 0 aliphatic heterocycles. The predicted molar refractivity (Wildman–Crippen MR) is 65.7 cm³/mol. The van der Waals surface area contributed by atoms with Gasteiger partial charge in [0.15, 0.2) is 5.78 Å². The van der Waals surface area contributed by atoms with Gasteiger partial charge in [0.2, 0.25) is 0 Å². The van der Waals surface area contributed by atoms with Crippen LogP contribution in [0.4, 0.5) is 0 Å². The zero-order valence-electron chi connectivity index (χ0n) is 9.88. The zero-order valence-corrected chi connectivity index (χ0v) is 10.6. The number of aromatic nitrogens is 1. The lowest BCUT2D eigenvalue weighted by atomic mass is 9.94. The Balaban J connectivity index is 2.75. The van der Waals surface area contributed by atoms with Gasteiger partial charge in [-0.05, 0) is 32.0 Å². The second-order valence-electron chi connectivity index (χ2n) is 4.22. The molecule has 0 spiro atoms. The van der Waals surface area contributed by atoms with Crippen LogP contribution in [0.5, 0.6) is 0 Å². The molecule has 1 aromatic rings. The molecule has 3 nitrogen and oxygen atoms in total. The van der Waals surface area contributed by atoms with Crippen LogP contribution in [0.1, 0.15) is 26.3 Å². The number of carbonyl (C=O) groups is 1. The van der Waals surface area contributed by atoms with Gasteiger partial charge in [-0.15, -0.1) is 0 Å². The molecule has 0 aliphatic carbocycles. The SMILES string of the molecule is CCNC(C)(C)C(=O)Cc1ccncc1Cl. The Hall–Kier alpha value is -0.930. The van der Waals surface area contributed by atoms with Crippen molar-refractivity contribution in [2.24, 2.45) is 0 Å². The van der Waals surface area contributed by atoms with Gasteiger partial charge in [-0.3, -0.25) is 9.78 Å². The molecule has 1 N–H and O–H groups in total. The molecule has 0 aromatic carbocycles. The van der Waals surface area contributed by atoms with Crippen LogP contribution in [-0.4, -0.2) is 22.9 Å². The van der Waals surface area contributed by atoms with Gasteiger partial charge in [-0.1, -0.05) is 18.5 Å². The Kier molecular flexibility index (Phi) is 4.44. The number of ketones is 1. The summed E-state index contributed by atoms with van der Waals surface area (Å²) in [6.45, 7) is 6.51. The molecule has 0 saturated carbocycles. The second-order valence-corrected chi connectivity index (χ2v) is 4.63. The summed E-state index contributed by atoms with van der Waals surface area (Å²) < 4.78 is 0. The molecule has 88 valence electrons. The first-order valence-corrected chi connectivity index (χ1v) is 5.72. The second kappa shape index (κ2) is 5.41. The summed E-state index contributed by atoms with van der Waals surface area (Å²) in [6.07, 6.45) is 3.54. The molecule has 0 bridgehead atoms. The number of nitrogens with zero attached hydrogens (tertiary/aromatic N) is 1. The summed E-state index contributed by atoms with van der Waals surface area (Å²) in [5.41, 5.74) is 0.314. The third-order valence-corrected chi connectivity index (χ3v) is 2.86. The van der Waals surface area contributed by atoms with E-state index in [0.717, 1.165) is 12.1 Å². The van der Waals surface area contributed by atoms with Crippen molar-refractivity contribution in [2.75, 3.05) is 6.54 Å². The lowest BCUT2D eigenvalue weighted by Gasteiger charge is -2.24. The number of pyridine rings is 1. The van der Waals surface area contributed by atoms with Crippen molar-refractivity contribution >= 4 is 17.4 Å². The van der Waals surface area contributed by atoms with Crippen LogP contribution in [0.25, 0.3) is 0 Å². The van der Waals surface area contributed by atoms with Gasteiger partial charge >= 0.3 is 0 Å². The van der Waals surface area contributed by atoms with Crippen LogP contribution >= 0.6 is 11.6 Å². The summed E-state index contributed by atoms with van der Waals surface area (Å²) in [5, 5.41) is 3.70. The Morgan fingerprint density at radius 3 is 2.81 bits per heavy atom. The van der Waals surface area contributed by atoms with Crippen molar-refractivity contribution < 1.29 is 4.79 Å². The molecular weight excluding hydrogens is 224 g/mol. The lowest BCUT2D eigenvalue weighted by Crippen LogP contribution is -2.47. The van der Waals surface area contributed by atoms with E-state index in [9.17, 15) is 4.79 Å². The van der Waals surface area contributed by atoms with Crippen LogP contribution in [-0.2, 0) is 11.2 Å². The third-order valence-electron chi connectivity index (χ3n) is 2.52.